The van der Waals surface area contributed by atoms with Crippen LogP contribution in [0.2, 0.25) is 0 Å². The van der Waals surface area contributed by atoms with Crippen molar-refractivity contribution in [3.05, 3.63) is 71.3 Å². The second-order valence-corrected chi connectivity index (χ2v) is 5.16. The zero-order valence-corrected chi connectivity index (χ0v) is 11.1. The lowest BCUT2D eigenvalue weighted by atomic mass is 9.92. The summed E-state index contributed by atoms with van der Waals surface area (Å²) in [6.45, 7) is 2.76. The summed E-state index contributed by atoms with van der Waals surface area (Å²) in [4.78, 5) is 2.50. The quantitative estimate of drug-likeness (QED) is 0.910. The lowest BCUT2D eigenvalue weighted by molar-refractivity contribution is 0.181. The van der Waals surface area contributed by atoms with E-state index < -0.39 is 0 Å². The monoisotopic (exact) mass is 252 g/mol. The van der Waals surface area contributed by atoms with E-state index in [9.17, 15) is 0 Å². The zero-order valence-electron chi connectivity index (χ0n) is 11.1. The molecule has 0 saturated heterocycles. The Balaban J connectivity index is 1.84. The van der Waals surface area contributed by atoms with Gasteiger partial charge < -0.3 is 5.73 Å². The molecule has 2 heteroatoms. The lowest BCUT2D eigenvalue weighted by Gasteiger charge is -2.36. The molecule has 19 heavy (non-hydrogen) atoms. The van der Waals surface area contributed by atoms with Crippen molar-refractivity contribution in [2.24, 2.45) is 5.73 Å². The van der Waals surface area contributed by atoms with E-state index in [4.69, 9.17) is 5.73 Å². The molecule has 2 aromatic rings. The van der Waals surface area contributed by atoms with Gasteiger partial charge in [-0.15, -0.1) is 0 Å². The maximum atomic E-state index is 6.02. The Morgan fingerprint density at radius 2 is 1.74 bits per heavy atom. The van der Waals surface area contributed by atoms with Crippen molar-refractivity contribution in [2.45, 2.75) is 19.0 Å². The minimum Gasteiger partial charge on any atom is -0.329 e. The standard InChI is InChI=1S/C17H20N2/c18-12-17-16-9-5-4-8-15(16)10-11-19(17)13-14-6-2-1-3-7-14/h1-9,17H,10-13,18H2. The number of nitrogens with zero attached hydrogens (tertiary/aromatic N) is 1. The molecule has 2 nitrogen and oxygen atoms in total. The highest BCUT2D eigenvalue weighted by Crippen LogP contribution is 2.29. The van der Waals surface area contributed by atoms with Gasteiger partial charge in [-0.05, 0) is 23.1 Å². The Morgan fingerprint density at radius 3 is 2.53 bits per heavy atom. The number of nitrogens with two attached hydrogens (primary N) is 1. The molecule has 1 unspecified atom stereocenters. The molecule has 3 rings (SSSR count). The molecule has 1 aliphatic rings. The van der Waals surface area contributed by atoms with E-state index in [2.05, 4.69) is 59.5 Å². The van der Waals surface area contributed by atoms with Crippen LogP contribution in [0.5, 0.6) is 0 Å². The summed E-state index contributed by atoms with van der Waals surface area (Å²) in [6, 6.07) is 19.7. The smallest absolute Gasteiger partial charge is 0.0476 e. The fraction of sp³-hybridized carbons (Fsp3) is 0.294. The highest BCUT2D eigenvalue weighted by Gasteiger charge is 2.25. The van der Waals surface area contributed by atoms with E-state index >= 15 is 0 Å². The maximum Gasteiger partial charge on any atom is 0.0476 e. The van der Waals surface area contributed by atoms with Gasteiger partial charge in [0.15, 0.2) is 0 Å². The maximum absolute atomic E-state index is 6.02. The molecule has 0 bridgehead atoms. The molecule has 0 spiro atoms. The minimum absolute atomic E-state index is 0.352. The summed E-state index contributed by atoms with van der Waals surface area (Å²) in [5.41, 5.74) is 10.3. The van der Waals surface area contributed by atoms with Gasteiger partial charge in [0.1, 0.15) is 0 Å². The first-order valence-electron chi connectivity index (χ1n) is 6.94. The number of hydrogen-bond acceptors (Lipinski definition) is 2. The molecule has 0 radical (unpaired) electrons. The van der Waals surface area contributed by atoms with Crippen LogP contribution in [0, 0.1) is 0 Å². The van der Waals surface area contributed by atoms with Crippen LogP contribution < -0.4 is 5.73 Å². The second kappa shape index (κ2) is 5.55. The minimum atomic E-state index is 0.352. The SMILES string of the molecule is NCC1c2ccccc2CCN1Cc1ccccc1. The summed E-state index contributed by atoms with van der Waals surface area (Å²) >= 11 is 0. The van der Waals surface area contributed by atoms with Crippen molar-refractivity contribution < 1.29 is 0 Å². The lowest BCUT2D eigenvalue weighted by Crippen LogP contribution is -2.38. The van der Waals surface area contributed by atoms with Gasteiger partial charge >= 0.3 is 0 Å². The van der Waals surface area contributed by atoms with Gasteiger partial charge in [0.05, 0.1) is 0 Å². The molecule has 0 amide bonds. The summed E-state index contributed by atoms with van der Waals surface area (Å²) in [5, 5.41) is 0. The summed E-state index contributed by atoms with van der Waals surface area (Å²) < 4.78 is 0. The van der Waals surface area contributed by atoms with E-state index in [1.54, 1.807) is 0 Å². The molecule has 1 atom stereocenters. The van der Waals surface area contributed by atoms with Crippen LogP contribution >= 0.6 is 0 Å². The summed E-state index contributed by atoms with van der Waals surface area (Å²) in [6.07, 6.45) is 1.12. The number of fused-ring (bicyclic) bond motifs is 1. The van der Waals surface area contributed by atoms with Crippen molar-refractivity contribution in [3.63, 3.8) is 0 Å². The van der Waals surface area contributed by atoms with Crippen LogP contribution in [-0.2, 0) is 13.0 Å². The number of rotatable bonds is 3. The third-order valence-corrected chi connectivity index (χ3v) is 3.97. The summed E-state index contributed by atoms with van der Waals surface area (Å²) in [5.74, 6) is 0. The first-order chi connectivity index (χ1) is 9.38. The van der Waals surface area contributed by atoms with Crippen molar-refractivity contribution >= 4 is 0 Å². The number of benzene rings is 2. The van der Waals surface area contributed by atoms with Gasteiger partial charge in [0.2, 0.25) is 0 Å². The molecule has 0 fully saturated rings. The van der Waals surface area contributed by atoms with Crippen molar-refractivity contribution in [1.29, 1.82) is 0 Å². The first kappa shape index (κ1) is 12.4. The van der Waals surface area contributed by atoms with Gasteiger partial charge in [-0.1, -0.05) is 54.6 Å². The molecule has 2 N–H and O–H groups in total. The average molecular weight is 252 g/mol. The Morgan fingerprint density at radius 1 is 1.00 bits per heavy atom. The van der Waals surface area contributed by atoms with Crippen LogP contribution in [-0.4, -0.2) is 18.0 Å². The van der Waals surface area contributed by atoms with E-state index in [1.807, 2.05) is 0 Å². The van der Waals surface area contributed by atoms with Crippen LogP contribution in [0.1, 0.15) is 22.7 Å². The molecule has 1 heterocycles. The zero-order chi connectivity index (χ0) is 13.1. The summed E-state index contributed by atoms with van der Waals surface area (Å²) in [7, 11) is 0. The van der Waals surface area contributed by atoms with Crippen molar-refractivity contribution in [2.75, 3.05) is 13.1 Å². The highest BCUT2D eigenvalue weighted by atomic mass is 15.2. The molecule has 2 aromatic carbocycles. The Labute approximate surface area is 114 Å². The van der Waals surface area contributed by atoms with Crippen molar-refractivity contribution in [3.8, 4) is 0 Å². The van der Waals surface area contributed by atoms with Gasteiger partial charge in [0, 0.05) is 25.7 Å². The fourth-order valence-electron chi connectivity index (χ4n) is 2.99. The van der Waals surface area contributed by atoms with Crippen LogP contribution in [0.15, 0.2) is 54.6 Å². The van der Waals surface area contributed by atoms with Gasteiger partial charge in [-0.2, -0.15) is 0 Å². The Hall–Kier alpha value is -1.64. The average Bonchev–Trinajstić information content (AvgIpc) is 2.48. The van der Waals surface area contributed by atoms with Crippen molar-refractivity contribution in [1.82, 2.24) is 4.90 Å². The van der Waals surface area contributed by atoms with Crippen LogP contribution in [0.4, 0.5) is 0 Å². The predicted octanol–water partition coefficient (Wildman–Crippen LogP) is 2.74. The molecular weight excluding hydrogens is 232 g/mol. The van der Waals surface area contributed by atoms with Gasteiger partial charge in [-0.3, -0.25) is 4.90 Å². The second-order valence-electron chi connectivity index (χ2n) is 5.16. The van der Waals surface area contributed by atoms with Crippen LogP contribution in [0.25, 0.3) is 0 Å². The molecule has 0 saturated carbocycles. The van der Waals surface area contributed by atoms with Crippen LogP contribution in [0.3, 0.4) is 0 Å². The number of hydrogen-bond donors (Lipinski definition) is 1. The Bertz CT molecular complexity index is 536. The first-order valence-corrected chi connectivity index (χ1v) is 6.94. The predicted molar refractivity (Wildman–Crippen MR) is 78.8 cm³/mol. The van der Waals surface area contributed by atoms with E-state index in [-0.39, 0.29) is 0 Å². The Kier molecular flexibility index (Phi) is 3.62. The molecule has 98 valence electrons. The van der Waals surface area contributed by atoms with E-state index in [0.717, 1.165) is 19.5 Å². The largest absolute Gasteiger partial charge is 0.329 e. The molecular formula is C17H20N2. The molecule has 0 aliphatic carbocycles. The third-order valence-electron chi connectivity index (χ3n) is 3.97. The molecule has 0 aromatic heterocycles. The van der Waals surface area contributed by atoms with Gasteiger partial charge in [0.25, 0.3) is 0 Å². The van der Waals surface area contributed by atoms with Gasteiger partial charge in [-0.25, -0.2) is 0 Å². The normalized spacial score (nSPS) is 19.1. The van der Waals surface area contributed by atoms with E-state index in [1.165, 1.54) is 16.7 Å². The third kappa shape index (κ3) is 2.55. The fourth-order valence-corrected chi connectivity index (χ4v) is 2.99. The van der Waals surface area contributed by atoms with E-state index in [0.29, 0.717) is 12.6 Å². The topological polar surface area (TPSA) is 29.3 Å². The molecule has 1 aliphatic heterocycles. The highest BCUT2D eigenvalue weighted by molar-refractivity contribution is 5.33.